The summed E-state index contributed by atoms with van der Waals surface area (Å²) in [5, 5.41) is 3.38. The Morgan fingerprint density at radius 1 is 0.806 bits per heavy atom. The summed E-state index contributed by atoms with van der Waals surface area (Å²) in [7, 11) is 0. The molecule has 0 radical (unpaired) electrons. The van der Waals surface area contributed by atoms with Gasteiger partial charge in [0.05, 0.1) is 11.9 Å². The van der Waals surface area contributed by atoms with Gasteiger partial charge in [0.1, 0.15) is 5.82 Å². The van der Waals surface area contributed by atoms with Crippen LogP contribution in [0.1, 0.15) is 126 Å². The summed E-state index contributed by atoms with van der Waals surface area (Å²) in [6.45, 7) is 0.793. The number of anilines is 2. The van der Waals surface area contributed by atoms with Gasteiger partial charge in [-0.3, -0.25) is 4.79 Å². The number of carbonyl (C=O) groups is 1. The molecule has 1 aliphatic heterocycles. The van der Waals surface area contributed by atoms with Crippen molar-refractivity contribution in [2.75, 3.05) is 10.7 Å². The second kappa shape index (κ2) is 11.8. The van der Waals surface area contributed by atoms with Crippen LogP contribution in [0.4, 0.5) is 11.5 Å². The van der Waals surface area contributed by atoms with Gasteiger partial charge in [-0.1, -0.05) is 83.5 Å². The summed E-state index contributed by atoms with van der Waals surface area (Å²) in [4.78, 5) is 18.0. The fourth-order valence-electron chi connectivity index (χ4n) is 5.86. The van der Waals surface area contributed by atoms with Crippen LogP contribution < -0.4 is 16.2 Å². The zero-order chi connectivity index (χ0) is 21.3. The number of rotatable bonds is 3. The maximum absolute atomic E-state index is 13.3. The minimum atomic E-state index is 0.152. The number of fused-ring (bicyclic) bond motifs is 1. The molecule has 2 heterocycles. The van der Waals surface area contributed by atoms with Gasteiger partial charge in [0.2, 0.25) is 5.91 Å². The first-order valence-corrected chi connectivity index (χ1v) is 13.1. The van der Waals surface area contributed by atoms with E-state index in [-0.39, 0.29) is 11.8 Å². The monoisotopic (exact) mass is 426 g/mol. The minimum Gasteiger partial charge on any atom is -0.324 e. The third-order valence-electron chi connectivity index (χ3n) is 7.69. The number of pyridine rings is 1. The Hall–Kier alpha value is -1.62. The number of aromatic nitrogens is 1. The van der Waals surface area contributed by atoms with E-state index in [1.165, 1.54) is 107 Å². The second-order valence-electron chi connectivity index (χ2n) is 10.0. The van der Waals surface area contributed by atoms with Crippen LogP contribution in [0.2, 0.25) is 0 Å². The van der Waals surface area contributed by atoms with Gasteiger partial charge in [0.25, 0.3) is 0 Å². The highest BCUT2D eigenvalue weighted by Gasteiger charge is 2.27. The van der Waals surface area contributed by atoms with Crippen LogP contribution in [0.3, 0.4) is 0 Å². The SMILES string of the molecule is O=C(Nc1cnc2c(c1C1CCCCCCCCC1)CNN2)C1CCCCCCCC1. The average molecular weight is 427 g/mol. The van der Waals surface area contributed by atoms with E-state index < -0.39 is 0 Å². The lowest BCUT2D eigenvalue weighted by molar-refractivity contribution is -0.120. The van der Waals surface area contributed by atoms with Crippen molar-refractivity contribution in [2.24, 2.45) is 5.92 Å². The maximum Gasteiger partial charge on any atom is 0.227 e. The van der Waals surface area contributed by atoms with Crippen LogP contribution in [0.15, 0.2) is 6.20 Å². The van der Waals surface area contributed by atoms with E-state index in [9.17, 15) is 4.79 Å². The van der Waals surface area contributed by atoms with Crippen molar-refractivity contribution in [1.82, 2.24) is 10.4 Å². The number of hydrazine groups is 1. The molecule has 2 saturated carbocycles. The fraction of sp³-hybridized carbons (Fsp3) is 0.769. The zero-order valence-corrected chi connectivity index (χ0v) is 19.3. The maximum atomic E-state index is 13.3. The molecule has 5 nitrogen and oxygen atoms in total. The van der Waals surface area contributed by atoms with E-state index in [1.54, 1.807) is 0 Å². The van der Waals surface area contributed by atoms with Gasteiger partial charge >= 0.3 is 0 Å². The molecule has 1 aromatic rings. The van der Waals surface area contributed by atoms with Crippen molar-refractivity contribution in [2.45, 2.75) is 122 Å². The van der Waals surface area contributed by atoms with Crippen molar-refractivity contribution in [3.63, 3.8) is 0 Å². The van der Waals surface area contributed by atoms with Gasteiger partial charge in [-0.15, -0.1) is 0 Å². The van der Waals surface area contributed by atoms with Crippen LogP contribution >= 0.6 is 0 Å². The Morgan fingerprint density at radius 3 is 1.97 bits per heavy atom. The molecule has 1 aromatic heterocycles. The molecule has 0 spiro atoms. The highest BCUT2D eigenvalue weighted by atomic mass is 16.1. The smallest absolute Gasteiger partial charge is 0.227 e. The lowest BCUT2D eigenvalue weighted by Crippen LogP contribution is -2.24. The van der Waals surface area contributed by atoms with Gasteiger partial charge in [0.15, 0.2) is 0 Å². The van der Waals surface area contributed by atoms with Crippen LogP contribution in [0.5, 0.6) is 0 Å². The number of hydrogen-bond donors (Lipinski definition) is 3. The molecular weight excluding hydrogens is 384 g/mol. The molecule has 0 unspecified atom stereocenters. The Kier molecular flexibility index (Phi) is 8.62. The number of amides is 1. The molecule has 0 aromatic carbocycles. The highest BCUT2D eigenvalue weighted by Crippen LogP contribution is 2.40. The summed E-state index contributed by atoms with van der Waals surface area (Å²) in [5.41, 5.74) is 10.1. The van der Waals surface area contributed by atoms with Crippen LogP contribution in [0.25, 0.3) is 0 Å². The molecule has 2 aliphatic carbocycles. The lowest BCUT2D eigenvalue weighted by Gasteiger charge is -2.25. The van der Waals surface area contributed by atoms with Crippen molar-refractivity contribution >= 4 is 17.4 Å². The Labute approximate surface area is 188 Å². The molecule has 0 saturated heterocycles. The van der Waals surface area contributed by atoms with Crippen LogP contribution in [-0.2, 0) is 11.3 Å². The average Bonchev–Trinajstić information content (AvgIpc) is 3.30. The van der Waals surface area contributed by atoms with Crippen molar-refractivity contribution in [3.8, 4) is 0 Å². The van der Waals surface area contributed by atoms with Crippen molar-refractivity contribution < 1.29 is 4.79 Å². The highest BCUT2D eigenvalue weighted by molar-refractivity contribution is 5.93. The largest absolute Gasteiger partial charge is 0.324 e. The molecule has 0 atom stereocenters. The normalized spacial score (nSPS) is 22.5. The third-order valence-corrected chi connectivity index (χ3v) is 7.69. The Bertz CT molecular complexity index is 700. The van der Waals surface area contributed by atoms with E-state index in [4.69, 9.17) is 0 Å². The third kappa shape index (κ3) is 6.21. The van der Waals surface area contributed by atoms with Gasteiger partial charge in [-0.25, -0.2) is 10.4 Å². The van der Waals surface area contributed by atoms with Crippen molar-refractivity contribution in [1.29, 1.82) is 0 Å². The summed E-state index contributed by atoms with van der Waals surface area (Å²) in [6, 6.07) is 0. The summed E-state index contributed by atoms with van der Waals surface area (Å²) >= 11 is 0. The Morgan fingerprint density at radius 2 is 1.35 bits per heavy atom. The summed E-state index contributed by atoms with van der Waals surface area (Å²) < 4.78 is 0. The van der Waals surface area contributed by atoms with Crippen LogP contribution in [-0.4, -0.2) is 10.9 Å². The first kappa shape index (κ1) is 22.6. The minimum absolute atomic E-state index is 0.152. The van der Waals surface area contributed by atoms with E-state index in [1.807, 2.05) is 6.20 Å². The quantitative estimate of drug-likeness (QED) is 0.497. The first-order chi connectivity index (χ1) is 15.3. The first-order valence-electron chi connectivity index (χ1n) is 13.1. The molecule has 1 amide bonds. The molecule has 31 heavy (non-hydrogen) atoms. The number of nitrogens with zero attached hydrogens (tertiary/aromatic N) is 1. The van der Waals surface area contributed by atoms with Crippen molar-refractivity contribution in [3.05, 3.63) is 17.3 Å². The molecule has 4 rings (SSSR count). The number of nitrogens with one attached hydrogen (secondary N) is 3. The second-order valence-corrected chi connectivity index (χ2v) is 10.0. The van der Waals surface area contributed by atoms with Gasteiger partial charge < -0.3 is 10.7 Å². The topological polar surface area (TPSA) is 66.0 Å². The predicted molar refractivity (Wildman–Crippen MR) is 128 cm³/mol. The standard InChI is InChI=1S/C26H42N4O/c31-26(21-16-12-8-4-5-9-13-17-21)29-23-19-27-25-22(18-28-30-25)24(23)20-14-10-6-2-1-3-7-11-15-20/h19-21,28H,1-18H2,(H,27,30)(H,29,31). The van der Waals surface area contributed by atoms with Gasteiger partial charge in [0, 0.05) is 18.0 Å². The number of carbonyl (C=O) groups excluding carboxylic acids is 1. The van der Waals surface area contributed by atoms with E-state index in [0.29, 0.717) is 5.92 Å². The molecular formula is C26H42N4O. The van der Waals surface area contributed by atoms with E-state index in [0.717, 1.165) is 30.9 Å². The summed E-state index contributed by atoms with van der Waals surface area (Å²) in [5.74, 6) is 1.85. The Balaban J connectivity index is 1.54. The molecule has 3 N–H and O–H groups in total. The molecule has 3 aliphatic rings. The van der Waals surface area contributed by atoms with E-state index in [2.05, 4.69) is 21.2 Å². The number of hydrogen-bond acceptors (Lipinski definition) is 4. The molecule has 5 heteroatoms. The van der Waals surface area contributed by atoms with Crippen LogP contribution in [0, 0.1) is 5.92 Å². The fourth-order valence-corrected chi connectivity index (χ4v) is 5.86. The molecule has 172 valence electrons. The molecule has 2 fully saturated rings. The van der Waals surface area contributed by atoms with E-state index >= 15 is 0 Å². The zero-order valence-electron chi connectivity index (χ0n) is 19.3. The van der Waals surface area contributed by atoms with Gasteiger partial charge in [-0.05, 0) is 37.2 Å². The summed E-state index contributed by atoms with van der Waals surface area (Å²) in [6.07, 6.45) is 23.4. The lowest BCUT2D eigenvalue weighted by atomic mass is 9.84. The molecule has 0 bridgehead atoms. The van der Waals surface area contributed by atoms with Gasteiger partial charge in [-0.2, -0.15) is 0 Å². The predicted octanol–water partition coefficient (Wildman–Crippen LogP) is 6.81.